The van der Waals surface area contributed by atoms with Crippen LogP contribution in [0.25, 0.3) is 10.9 Å². The van der Waals surface area contributed by atoms with E-state index in [0.717, 1.165) is 10.9 Å². The van der Waals surface area contributed by atoms with Crippen LogP contribution in [0.15, 0.2) is 18.2 Å². The van der Waals surface area contributed by atoms with E-state index in [1.165, 1.54) is 12.1 Å². The molecule has 1 unspecified atom stereocenters. The van der Waals surface area contributed by atoms with Gasteiger partial charge in [-0.05, 0) is 44.0 Å². The largest absolute Gasteiger partial charge is 0.393 e. The number of aromatic amines is 1. The smallest absolute Gasteiger partial charge is 0.267 e. The summed E-state index contributed by atoms with van der Waals surface area (Å²) in [6.45, 7) is 3.87. The van der Waals surface area contributed by atoms with E-state index in [2.05, 4.69) is 10.3 Å². The van der Waals surface area contributed by atoms with E-state index in [-0.39, 0.29) is 11.7 Å². The van der Waals surface area contributed by atoms with Crippen molar-refractivity contribution in [3.8, 4) is 0 Å². The van der Waals surface area contributed by atoms with Crippen molar-refractivity contribution in [3.63, 3.8) is 0 Å². The van der Waals surface area contributed by atoms with Gasteiger partial charge in [0.25, 0.3) is 5.91 Å². The van der Waals surface area contributed by atoms with Crippen molar-refractivity contribution in [3.05, 3.63) is 35.3 Å². The molecule has 5 heteroatoms. The van der Waals surface area contributed by atoms with Gasteiger partial charge in [0.15, 0.2) is 0 Å². The molecule has 19 heavy (non-hydrogen) atoms. The van der Waals surface area contributed by atoms with Crippen LogP contribution in [0.2, 0.25) is 0 Å². The van der Waals surface area contributed by atoms with Crippen molar-refractivity contribution in [1.82, 2.24) is 10.3 Å². The standard InChI is InChI=1S/C14H17FN2O2/c1-8-5-10(15)6-12-11(8)7-13(17-12)14(19)16-4-3-9(2)18/h5-7,9,17-18H,3-4H2,1-2H3,(H,16,19). The minimum atomic E-state index is -0.445. The molecule has 0 radical (unpaired) electrons. The molecule has 2 rings (SSSR count). The Morgan fingerprint density at radius 1 is 1.47 bits per heavy atom. The number of hydrogen-bond acceptors (Lipinski definition) is 2. The number of amides is 1. The van der Waals surface area contributed by atoms with Gasteiger partial charge in [0.1, 0.15) is 11.5 Å². The topological polar surface area (TPSA) is 65.1 Å². The molecular formula is C14H17FN2O2. The first kappa shape index (κ1) is 13.5. The number of H-pyrrole nitrogens is 1. The average molecular weight is 264 g/mol. The number of aryl methyl sites for hydroxylation is 1. The van der Waals surface area contributed by atoms with Crippen molar-refractivity contribution in [2.75, 3.05) is 6.54 Å². The molecule has 1 aromatic carbocycles. The van der Waals surface area contributed by atoms with Gasteiger partial charge in [0, 0.05) is 17.4 Å². The zero-order valence-electron chi connectivity index (χ0n) is 11.0. The van der Waals surface area contributed by atoms with E-state index in [1.54, 1.807) is 19.9 Å². The molecule has 1 atom stereocenters. The highest BCUT2D eigenvalue weighted by Gasteiger charge is 2.11. The molecule has 1 heterocycles. The fraction of sp³-hybridized carbons (Fsp3) is 0.357. The SMILES string of the molecule is Cc1cc(F)cc2[nH]c(C(=O)NCCC(C)O)cc12. The maximum Gasteiger partial charge on any atom is 0.267 e. The van der Waals surface area contributed by atoms with Gasteiger partial charge in [-0.25, -0.2) is 4.39 Å². The van der Waals surface area contributed by atoms with E-state index in [4.69, 9.17) is 5.11 Å². The Bertz CT molecular complexity index is 605. The molecule has 0 bridgehead atoms. The lowest BCUT2D eigenvalue weighted by molar-refractivity contribution is 0.0941. The van der Waals surface area contributed by atoms with E-state index in [9.17, 15) is 9.18 Å². The molecule has 102 valence electrons. The van der Waals surface area contributed by atoms with Crippen LogP contribution in [0.3, 0.4) is 0 Å². The molecule has 0 saturated carbocycles. The van der Waals surface area contributed by atoms with Crippen molar-refractivity contribution >= 4 is 16.8 Å². The highest BCUT2D eigenvalue weighted by atomic mass is 19.1. The molecule has 0 aliphatic heterocycles. The minimum absolute atomic E-state index is 0.253. The predicted molar refractivity (Wildman–Crippen MR) is 71.6 cm³/mol. The molecule has 1 amide bonds. The van der Waals surface area contributed by atoms with Crippen molar-refractivity contribution in [2.45, 2.75) is 26.4 Å². The fourth-order valence-electron chi connectivity index (χ4n) is 1.99. The molecule has 0 fully saturated rings. The molecule has 0 spiro atoms. The number of nitrogens with one attached hydrogen (secondary N) is 2. The Balaban J connectivity index is 2.17. The van der Waals surface area contributed by atoms with Gasteiger partial charge in [0.05, 0.1) is 6.10 Å². The van der Waals surface area contributed by atoms with Crippen LogP contribution in [0.5, 0.6) is 0 Å². The molecule has 0 aliphatic carbocycles. The summed E-state index contributed by atoms with van der Waals surface area (Å²) in [5.41, 5.74) is 1.79. The third kappa shape index (κ3) is 3.12. The summed E-state index contributed by atoms with van der Waals surface area (Å²) in [5, 5.41) is 12.7. The van der Waals surface area contributed by atoms with Crippen LogP contribution in [-0.4, -0.2) is 28.6 Å². The average Bonchev–Trinajstić information content (AvgIpc) is 2.72. The number of benzene rings is 1. The first-order valence-corrected chi connectivity index (χ1v) is 6.22. The summed E-state index contributed by atoms with van der Waals surface area (Å²) in [7, 11) is 0. The van der Waals surface area contributed by atoms with Crippen LogP contribution < -0.4 is 5.32 Å². The van der Waals surface area contributed by atoms with E-state index < -0.39 is 6.10 Å². The quantitative estimate of drug-likeness (QED) is 0.792. The first-order valence-electron chi connectivity index (χ1n) is 6.22. The van der Waals surface area contributed by atoms with E-state index in [1.807, 2.05) is 0 Å². The summed E-state index contributed by atoms with van der Waals surface area (Å²) < 4.78 is 13.3. The fourth-order valence-corrected chi connectivity index (χ4v) is 1.99. The van der Waals surface area contributed by atoms with Crippen LogP contribution in [0, 0.1) is 12.7 Å². The van der Waals surface area contributed by atoms with Crippen LogP contribution >= 0.6 is 0 Å². The number of fused-ring (bicyclic) bond motifs is 1. The number of carbonyl (C=O) groups excluding carboxylic acids is 1. The number of aliphatic hydroxyl groups excluding tert-OH is 1. The number of halogens is 1. The van der Waals surface area contributed by atoms with Gasteiger partial charge in [0.2, 0.25) is 0 Å². The van der Waals surface area contributed by atoms with Crippen LogP contribution in [0.1, 0.15) is 29.4 Å². The van der Waals surface area contributed by atoms with E-state index in [0.29, 0.717) is 24.2 Å². The van der Waals surface area contributed by atoms with Crippen molar-refractivity contribution < 1.29 is 14.3 Å². The Hall–Kier alpha value is -1.88. The Morgan fingerprint density at radius 2 is 2.21 bits per heavy atom. The van der Waals surface area contributed by atoms with Crippen LogP contribution in [-0.2, 0) is 0 Å². The Morgan fingerprint density at radius 3 is 2.89 bits per heavy atom. The normalized spacial score (nSPS) is 12.6. The molecular weight excluding hydrogens is 247 g/mol. The molecule has 1 aromatic heterocycles. The second-order valence-electron chi connectivity index (χ2n) is 4.76. The summed E-state index contributed by atoms with van der Waals surface area (Å²) >= 11 is 0. The first-order chi connectivity index (χ1) is 8.97. The summed E-state index contributed by atoms with van der Waals surface area (Å²) in [6, 6.07) is 4.52. The Labute approximate surface area is 110 Å². The number of hydrogen-bond donors (Lipinski definition) is 3. The monoisotopic (exact) mass is 264 g/mol. The molecule has 2 aromatic rings. The molecule has 0 aliphatic rings. The Kier molecular flexibility index (Phi) is 3.85. The number of rotatable bonds is 4. The van der Waals surface area contributed by atoms with Gasteiger partial charge in [-0.2, -0.15) is 0 Å². The highest BCUT2D eigenvalue weighted by Crippen LogP contribution is 2.21. The summed E-state index contributed by atoms with van der Waals surface area (Å²) in [5.74, 6) is -0.579. The minimum Gasteiger partial charge on any atom is -0.393 e. The lowest BCUT2D eigenvalue weighted by atomic mass is 10.1. The summed E-state index contributed by atoms with van der Waals surface area (Å²) in [6.07, 6.45) is 0.0546. The maximum absolute atomic E-state index is 13.3. The predicted octanol–water partition coefficient (Wildman–Crippen LogP) is 2.12. The van der Waals surface area contributed by atoms with Crippen molar-refractivity contribution in [2.24, 2.45) is 0 Å². The van der Waals surface area contributed by atoms with Gasteiger partial charge < -0.3 is 15.4 Å². The lowest BCUT2D eigenvalue weighted by Gasteiger charge is -2.05. The molecule has 3 N–H and O–H groups in total. The van der Waals surface area contributed by atoms with Gasteiger partial charge in [-0.3, -0.25) is 4.79 Å². The van der Waals surface area contributed by atoms with Crippen LogP contribution in [0.4, 0.5) is 4.39 Å². The number of carbonyl (C=O) groups is 1. The van der Waals surface area contributed by atoms with Gasteiger partial charge >= 0.3 is 0 Å². The van der Waals surface area contributed by atoms with Gasteiger partial charge in [-0.1, -0.05) is 0 Å². The second-order valence-corrected chi connectivity index (χ2v) is 4.76. The highest BCUT2D eigenvalue weighted by molar-refractivity contribution is 5.98. The summed E-state index contributed by atoms with van der Waals surface area (Å²) in [4.78, 5) is 14.8. The number of aliphatic hydroxyl groups is 1. The second kappa shape index (κ2) is 5.40. The lowest BCUT2D eigenvalue weighted by Crippen LogP contribution is -2.26. The zero-order valence-corrected chi connectivity index (χ0v) is 11.0. The zero-order chi connectivity index (χ0) is 14.0. The van der Waals surface area contributed by atoms with Gasteiger partial charge in [-0.15, -0.1) is 0 Å². The van der Waals surface area contributed by atoms with Crippen molar-refractivity contribution in [1.29, 1.82) is 0 Å². The third-order valence-electron chi connectivity index (χ3n) is 3.00. The molecule has 4 nitrogen and oxygen atoms in total. The third-order valence-corrected chi connectivity index (χ3v) is 3.00. The maximum atomic E-state index is 13.3. The molecule has 0 saturated heterocycles. The number of aromatic nitrogens is 1. The van der Waals surface area contributed by atoms with E-state index >= 15 is 0 Å².